The number of benzene rings is 2. The van der Waals surface area contributed by atoms with Gasteiger partial charge in [-0.15, -0.1) is 0 Å². The van der Waals surface area contributed by atoms with Crippen LogP contribution in [0.5, 0.6) is 17.2 Å². The highest BCUT2D eigenvalue weighted by Gasteiger charge is 2.35. The van der Waals surface area contributed by atoms with Crippen molar-refractivity contribution in [2.75, 3.05) is 13.2 Å². The van der Waals surface area contributed by atoms with Gasteiger partial charge in [-0.25, -0.2) is 0 Å². The first kappa shape index (κ1) is 26.2. The van der Waals surface area contributed by atoms with Crippen molar-refractivity contribution >= 4 is 11.8 Å². The number of primary amides is 1. The molecule has 1 aliphatic rings. The summed E-state index contributed by atoms with van der Waals surface area (Å²) in [6.45, 7) is 4.83. The van der Waals surface area contributed by atoms with Crippen molar-refractivity contribution in [1.29, 1.82) is 0 Å². The fourth-order valence-electron chi connectivity index (χ4n) is 4.56. The van der Waals surface area contributed by atoms with Crippen LogP contribution in [0.15, 0.2) is 36.4 Å². The number of carbonyl (C=O) groups excluding carboxylic acids is 2. The minimum atomic E-state index is -2.96. The smallest absolute Gasteiger partial charge is 0.387 e. The number of amides is 2. The van der Waals surface area contributed by atoms with Crippen molar-refractivity contribution in [2.24, 2.45) is 5.73 Å². The van der Waals surface area contributed by atoms with Crippen LogP contribution in [0.3, 0.4) is 0 Å². The molecule has 0 saturated carbocycles. The maximum absolute atomic E-state index is 12.8. The van der Waals surface area contributed by atoms with Crippen molar-refractivity contribution < 1.29 is 32.6 Å². The van der Waals surface area contributed by atoms with Crippen molar-refractivity contribution in [1.82, 2.24) is 4.90 Å². The van der Waals surface area contributed by atoms with Crippen LogP contribution in [-0.2, 0) is 11.2 Å². The van der Waals surface area contributed by atoms with Crippen molar-refractivity contribution in [3.05, 3.63) is 53.1 Å². The molecule has 2 aromatic rings. The van der Waals surface area contributed by atoms with Gasteiger partial charge in [0.2, 0.25) is 5.91 Å². The van der Waals surface area contributed by atoms with Crippen LogP contribution < -0.4 is 19.9 Å². The molecule has 190 valence electrons. The number of para-hydroxylation sites is 1. The van der Waals surface area contributed by atoms with Gasteiger partial charge in [0.05, 0.1) is 18.3 Å². The zero-order chi connectivity index (χ0) is 25.7. The van der Waals surface area contributed by atoms with Gasteiger partial charge in [0, 0.05) is 25.4 Å². The van der Waals surface area contributed by atoms with E-state index in [0.29, 0.717) is 37.3 Å². The first-order valence-corrected chi connectivity index (χ1v) is 11.7. The first-order chi connectivity index (χ1) is 16.6. The Labute approximate surface area is 204 Å². The van der Waals surface area contributed by atoms with Gasteiger partial charge in [0.25, 0.3) is 5.91 Å². The molecule has 0 unspecified atom stereocenters. The van der Waals surface area contributed by atoms with Crippen molar-refractivity contribution in [3.8, 4) is 17.2 Å². The lowest BCUT2D eigenvalue weighted by molar-refractivity contribution is -0.129. The topological polar surface area (TPSA) is 91.1 Å². The molecule has 0 spiro atoms. The molecule has 1 aliphatic heterocycles. The quantitative estimate of drug-likeness (QED) is 0.529. The number of nitrogens with two attached hydrogens (primary N) is 1. The third-order valence-corrected chi connectivity index (χ3v) is 5.94. The fourth-order valence-corrected chi connectivity index (χ4v) is 4.56. The number of carbonyl (C=O) groups is 2. The molecular weight excluding hydrogens is 458 g/mol. The molecule has 2 amide bonds. The van der Waals surface area contributed by atoms with E-state index < -0.39 is 12.5 Å². The van der Waals surface area contributed by atoms with Gasteiger partial charge in [-0.2, -0.15) is 8.78 Å². The molecule has 7 nitrogen and oxygen atoms in total. The molecule has 2 N–H and O–H groups in total. The monoisotopic (exact) mass is 490 g/mol. The Balaban J connectivity index is 1.90. The van der Waals surface area contributed by atoms with Crippen LogP contribution in [-0.4, -0.2) is 48.6 Å². The molecule has 0 radical (unpaired) electrons. The van der Waals surface area contributed by atoms with Gasteiger partial charge in [0.1, 0.15) is 5.75 Å². The number of hydrogen-bond acceptors (Lipinski definition) is 5. The predicted molar refractivity (Wildman–Crippen MR) is 127 cm³/mol. The molecule has 0 aromatic heterocycles. The highest BCUT2D eigenvalue weighted by molar-refractivity contribution is 5.96. The van der Waals surface area contributed by atoms with Gasteiger partial charge >= 0.3 is 6.61 Å². The molecule has 2 aromatic carbocycles. The summed E-state index contributed by atoms with van der Waals surface area (Å²) in [5, 5.41) is 0. The van der Waals surface area contributed by atoms with Crippen LogP contribution in [0.25, 0.3) is 0 Å². The number of alkyl halides is 2. The van der Waals surface area contributed by atoms with Crippen LogP contribution >= 0.6 is 0 Å². The molecular formula is C26H32F2N2O5. The molecule has 0 aliphatic carbocycles. The Morgan fingerprint density at radius 3 is 2.49 bits per heavy atom. The zero-order valence-electron chi connectivity index (χ0n) is 20.4. The van der Waals surface area contributed by atoms with Gasteiger partial charge in [-0.1, -0.05) is 18.2 Å². The molecule has 0 bridgehead atoms. The van der Waals surface area contributed by atoms with E-state index in [-0.39, 0.29) is 35.5 Å². The molecule has 1 saturated heterocycles. The summed E-state index contributed by atoms with van der Waals surface area (Å²) in [6, 6.07) is 10.0. The summed E-state index contributed by atoms with van der Waals surface area (Å²) in [5.74, 6) is -0.0301. The maximum atomic E-state index is 12.8. The largest absolute Gasteiger partial charge is 0.493 e. The second-order valence-corrected chi connectivity index (χ2v) is 8.80. The number of hydrogen-bond donors (Lipinski definition) is 1. The van der Waals surface area contributed by atoms with Crippen LogP contribution in [0, 0.1) is 0 Å². The average molecular weight is 491 g/mol. The number of likely N-dealkylation sites (tertiary alicyclic amines) is 1. The van der Waals surface area contributed by atoms with Gasteiger partial charge in [0.15, 0.2) is 11.5 Å². The van der Waals surface area contributed by atoms with E-state index in [1.807, 2.05) is 13.0 Å². The number of nitrogens with zero attached hydrogens (tertiary/aromatic N) is 1. The lowest BCUT2D eigenvalue weighted by Crippen LogP contribution is -2.35. The van der Waals surface area contributed by atoms with E-state index in [1.54, 1.807) is 43.0 Å². The maximum Gasteiger partial charge on any atom is 0.387 e. The van der Waals surface area contributed by atoms with Gasteiger partial charge in [-0.3, -0.25) is 9.59 Å². The molecule has 3 rings (SSSR count). The predicted octanol–water partition coefficient (Wildman–Crippen LogP) is 4.52. The van der Waals surface area contributed by atoms with Gasteiger partial charge < -0.3 is 24.8 Å². The lowest BCUT2D eigenvalue weighted by atomic mass is 9.93. The van der Waals surface area contributed by atoms with E-state index in [0.717, 1.165) is 11.1 Å². The second-order valence-electron chi connectivity index (χ2n) is 8.80. The number of halogens is 2. The van der Waals surface area contributed by atoms with E-state index in [9.17, 15) is 18.4 Å². The van der Waals surface area contributed by atoms with Crippen LogP contribution in [0.4, 0.5) is 8.78 Å². The number of rotatable bonds is 10. The lowest BCUT2D eigenvalue weighted by Gasteiger charge is -2.24. The standard InChI is InChI=1S/C26H32F2N2O5/c1-5-33-24-18(7-6-8-21(24)25(29)32)11-20-12-19(14-30(20)16(4)31)17-9-10-22(35-26(27)28)23(13-17)34-15(2)3/h6-10,13,15,19-20,26H,5,11-12,14H2,1-4H3,(H2,29,32)/t19-,20+/m1/s1. The van der Waals surface area contributed by atoms with Crippen molar-refractivity contribution in [3.63, 3.8) is 0 Å². The summed E-state index contributed by atoms with van der Waals surface area (Å²) in [7, 11) is 0. The van der Waals surface area contributed by atoms with Gasteiger partial charge in [-0.05, 0) is 62.9 Å². The first-order valence-electron chi connectivity index (χ1n) is 11.7. The Kier molecular flexibility index (Phi) is 8.53. The summed E-state index contributed by atoms with van der Waals surface area (Å²) in [6.07, 6.45) is 0.890. The highest BCUT2D eigenvalue weighted by atomic mass is 19.3. The summed E-state index contributed by atoms with van der Waals surface area (Å²) >= 11 is 0. The Hall–Kier alpha value is -3.36. The molecule has 2 atom stereocenters. The average Bonchev–Trinajstić information content (AvgIpc) is 3.19. The molecule has 9 heteroatoms. The fraction of sp³-hybridized carbons (Fsp3) is 0.462. The number of ether oxygens (including phenoxy) is 3. The van der Waals surface area contributed by atoms with E-state index in [4.69, 9.17) is 15.2 Å². The zero-order valence-corrected chi connectivity index (χ0v) is 20.4. The van der Waals surface area contributed by atoms with E-state index in [1.165, 1.54) is 13.0 Å². The third kappa shape index (κ3) is 6.41. The Morgan fingerprint density at radius 1 is 1.14 bits per heavy atom. The minimum absolute atomic E-state index is 0.0277. The summed E-state index contributed by atoms with van der Waals surface area (Å²) in [4.78, 5) is 26.2. The molecule has 1 heterocycles. The van der Waals surface area contributed by atoms with Crippen LogP contribution in [0.1, 0.15) is 61.5 Å². The molecule has 1 fully saturated rings. The van der Waals surface area contributed by atoms with Crippen LogP contribution in [0.2, 0.25) is 0 Å². The third-order valence-electron chi connectivity index (χ3n) is 5.94. The Morgan fingerprint density at radius 2 is 1.89 bits per heavy atom. The highest BCUT2D eigenvalue weighted by Crippen LogP contribution is 2.39. The SMILES string of the molecule is CCOc1c(C[C@H]2C[C@@H](c3ccc(OC(F)F)c(OC(C)C)c3)CN2C(C)=O)cccc1C(N)=O. The Bertz CT molecular complexity index is 1060. The second kappa shape index (κ2) is 11.4. The van der Waals surface area contributed by atoms with Crippen molar-refractivity contribution in [2.45, 2.75) is 65.2 Å². The minimum Gasteiger partial charge on any atom is -0.493 e. The molecule has 35 heavy (non-hydrogen) atoms. The normalized spacial score (nSPS) is 17.7. The summed E-state index contributed by atoms with van der Waals surface area (Å²) in [5.41, 5.74) is 7.50. The van der Waals surface area contributed by atoms with E-state index >= 15 is 0 Å². The summed E-state index contributed by atoms with van der Waals surface area (Å²) < 4.78 is 41.8. The van der Waals surface area contributed by atoms with E-state index in [2.05, 4.69) is 4.74 Å².